The highest BCUT2D eigenvalue weighted by atomic mass is 16.5. The molecule has 0 bridgehead atoms. The van der Waals surface area contributed by atoms with Crippen LogP contribution in [0.2, 0.25) is 0 Å². The highest BCUT2D eigenvalue weighted by Gasteiger charge is 1.83. The predicted octanol–water partition coefficient (Wildman–Crippen LogP) is -0.368. The number of carbonyl (C=O) groups is 1. The Morgan fingerprint density at radius 1 is 1.86 bits per heavy atom. The molecule has 0 amide bonds. The van der Waals surface area contributed by atoms with Crippen molar-refractivity contribution in [3.63, 3.8) is 0 Å². The Morgan fingerprint density at radius 2 is 2.43 bits per heavy atom. The molecule has 0 rings (SSSR count). The molecule has 0 saturated carbocycles. The molecule has 0 atom stereocenters. The molecule has 2 N–H and O–H groups in total. The van der Waals surface area contributed by atoms with Gasteiger partial charge in [-0.1, -0.05) is 0 Å². The zero-order chi connectivity index (χ0) is 5.70. The van der Waals surface area contributed by atoms with Gasteiger partial charge >= 0.3 is 0 Å². The van der Waals surface area contributed by atoms with Crippen LogP contribution in [0.4, 0.5) is 0 Å². The van der Waals surface area contributed by atoms with Gasteiger partial charge < -0.3 is 10.5 Å². The molecule has 0 saturated heterocycles. The summed E-state index contributed by atoms with van der Waals surface area (Å²) in [6.45, 7) is 0. The van der Waals surface area contributed by atoms with E-state index < -0.39 is 0 Å². The smallest absolute Gasteiger partial charge is 0.186 e. The fourth-order valence-corrected chi connectivity index (χ4v) is 0.155. The van der Waals surface area contributed by atoms with E-state index in [4.69, 9.17) is 5.73 Å². The highest BCUT2D eigenvalue weighted by Crippen LogP contribution is 1.81. The maximum atomic E-state index is 9.69. The molecule has 0 aromatic rings. The first-order chi connectivity index (χ1) is 3.35. The van der Waals surface area contributed by atoms with E-state index in [1.165, 1.54) is 7.11 Å². The minimum Gasteiger partial charge on any atom is -0.492 e. The number of ether oxygens (including phenoxy) is 1. The van der Waals surface area contributed by atoms with Crippen molar-refractivity contribution in [3.8, 4) is 0 Å². The number of methoxy groups -OCH3 is 1. The van der Waals surface area contributed by atoms with Gasteiger partial charge in [-0.25, -0.2) is 0 Å². The van der Waals surface area contributed by atoms with Crippen molar-refractivity contribution in [1.29, 1.82) is 0 Å². The molecule has 0 aromatic carbocycles. The second-order valence-electron chi connectivity index (χ2n) is 0.891. The van der Waals surface area contributed by atoms with Crippen LogP contribution in [0.25, 0.3) is 0 Å². The van der Waals surface area contributed by atoms with Crippen molar-refractivity contribution in [3.05, 3.63) is 12.0 Å². The lowest BCUT2D eigenvalue weighted by molar-refractivity contribution is -0.107. The van der Waals surface area contributed by atoms with E-state index in [1.54, 1.807) is 0 Å². The molecule has 0 radical (unpaired) electrons. The second kappa shape index (κ2) is 3.21. The van der Waals surface area contributed by atoms with Crippen LogP contribution in [0.1, 0.15) is 0 Å². The normalized spacial score (nSPS) is 10.7. The fourth-order valence-electron chi connectivity index (χ4n) is 0.155. The molecule has 0 aromatic heterocycles. The van der Waals surface area contributed by atoms with Crippen LogP contribution < -0.4 is 5.73 Å². The van der Waals surface area contributed by atoms with Gasteiger partial charge in [0.2, 0.25) is 0 Å². The molecule has 7 heavy (non-hydrogen) atoms. The number of rotatable bonds is 2. The molecule has 0 fully saturated rings. The second-order valence-corrected chi connectivity index (χ2v) is 0.891. The van der Waals surface area contributed by atoms with Crippen LogP contribution in [-0.4, -0.2) is 13.4 Å². The van der Waals surface area contributed by atoms with Crippen molar-refractivity contribution < 1.29 is 9.53 Å². The monoisotopic (exact) mass is 101 g/mol. The van der Waals surface area contributed by atoms with E-state index in [2.05, 4.69) is 4.74 Å². The molecule has 0 heterocycles. The van der Waals surface area contributed by atoms with Gasteiger partial charge in [0.15, 0.2) is 12.0 Å². The van der Waals surface area contributed by atoms with Gasteiger partial charge in [-0.2, -0.15) is 0 Å². The van der Waals surface area contributed by atoms with Crippen molar-refractivity contribution in [2.24, 2.45) is 5.73 Å². The number of aldehydes is 1. The van der Waals surface area contributed by atoms with Gasteiger partial charge in [0.05, 0.1) is 7.11 Å². The molecule has 0 spiro atoms. The fraction of sp³-hybridized carbons (Fsp3) is 0.250. The third-order valence-electron chi connectivity index (χ3n) is 0.516. The van der Waals surface area contributed by atoms with Crippen LogP contribution in [0, 0.1) is 0 Å². The lowest BCUT2D eigenvalue weighted by Crippen LogP contribution is -1.91. The van der Waals surface area contributed by atoms with Crippen LogP contribution in [0.5, 0.6) is 0 Å². The van der Waals surface area contributed by atoms with Crippen molar-refractivity contribution >= 4 is 6.29 Å². The van der Waals surface area contributed by atoms with E-state index in [0.29, 0.717) is 6.29 Å². The lowest BCUT2D eigenvalue weighted by atomic mass is 10.6. The molecule has 0 aliphatic carbocycles. The summed E-state index contributed by atoms with van der Waals surface area (Å²) in [5, 5.41) is 0. The number of nitrogens with two attached hydrogens (primary N) is 1. The first-order valence-electron chi connectivity index (χ1n) is 1.76. The molecule has 3 nitrogen and oxygen atoms in total. The van der Waals surface area contributed by atoms with E-state index in [0.717, 1.165) is 6.20 Å². The molecule has 0 unspecified atom stereocenters. The summed E-state index contributed by atoms with van der Waals surface area (Å²) < 4.78 is 4.42. The third kappa shape index (κ3) is 1.81. The molecular formula is C4H7NO2. The first kappa shape index (κ1) is 6.01. The molecule has 3 heteroatoms. The first-order valence-corrected chi connectivity index (χ1v) is 1.76. The lowest BCUT2D eigenvalue weighted by Gasteiger charge is -1.90. The van der Waals surface area contributed by atoms with Crippen molar-refractivity contribution in [2.75, 3.05) is 7.11 Å². The average molecular weight is 101 g/mol. The summed E-state index contributed by atoms with van der Waals surface area (Å²) >= 11 is 0. The Bertz CT molecular complexity index is 87.7. The van der Waals surface area contributed by atoms with Crippen LogP contribution in [0.3, 0.4) is 0 Å². The Balaban J connectivity index is 3.60. The Hall–Kier alpha value is -0.990. The van der Waals surface area contributed by atoms with Gasteiger partial charge in [-0.05, 0) is 0 Å². The van der Waals surface area contributed by atoms with Crippen LogP contribution in [-0.2, 0) is 9.53 Å². The van der Waals surface area contributed by atoms with Gasteiger partial charge in [0.1, 0.15) is 0 Å². The van der Waals surface area contributed by atoms with Gasteiger partial charge in [-0.3, -0.25) is 4.79 Å². The molecular weight excluding hydrogens is 94.0 g/mol. The van der Waals surface area contributed by atoms with Crippen molar-refractivity contribution in [1.82, 2.24) is 0 Å². The van der Waals surface area contributed by atoms with Gasteiger partial charge in [-0.15, -0.1) is 0 Å². The van der Waals surface area contributed by atoms with E-state index >= 15 is 0 Å². The highest BCUT2D eigenvalue weighted by molar-refractivity contribution is 5.69. The maximum Gasteiger partial charge on any atom is 0.186 e. The number of carbonyl (C=O) groups excluding carboxylic acids is 1. The Labute approximate surface area is 41.8 Å². The molecule has 40 valence electrons. The quantitative estimate of drug-likeness (QED) is 0.293. The number of allylic oxidation sites excluding steroid dienone is 1. The van der Waals surface area contributed by atoms with E-state index in [-0.39, 0.29) is 5.76 Å². The minimum absolute atomic E-state index is 0.153. The van der Waals surface area contributed by atoms with Crippen LogP contribution in [0.15, 0.2) is 12.0 Å². The summed E-state index contributed by atoms with van der Waals surface area (Å²) in [4.78, 5) is 9.69. The van der Waals surface area contributed by atoms with Crippen LogP contribution >= 0.6 is 0 Å². The Morgan fingerprint density at radius 3 is 2.43 bits per heavy atom. The molecule has 0 aliphatic heterocycles. The summed E-state index contributed by atoms with van der Waals surface area (Å²) in [6.07, 6.45) is 1.65. The summed E-state index contributed by atoms with van der Waals surface area (Å²) in [5.74, 6) is 0.153. The average Bonchev–Trinajstić information content (AvgIpc) is 1.72. The number of hydrogen-bond donors (Lipinski definition) is 1. The van der Waals surface area contributed by atoms with E-state index in [1.807, 2.05) is 0 Å². The summed E-state index contributed by atoms with van der Waals surface area (Å²) in [7, 11) is 1.38. The minimum atomic E-state index is 0.153. The zero-order valence-corrected chi connectivity index (χ0v) is 4.05. The zero-order valence-electron chi connectivity index (χ0n) is 4.05. The summed E-state index contributed by atoms with van der Waals surface area (Å²) in [6, 6.07) is 0. The third-order valence-corrected chi connectivity index (χ3v) is 0.516. The SMILES string of the molecule is CO/C(C=O)=C/N. The van der Waals surface area contributed by atoms with E-state index in [9.17, 15) is 4.79 Å². The van der Waals surface area contributed by atoms with Crippen molar-refractivity contribution in [2.45, 2.75) is 0 Å². The Kier molecular flexibility index (Phi) is 2.76. The largest absolute Gasteiger partial charge is 0.492 e. The number of hydrogen-bond acceptors (Lipinski definition) is 3. The molecule has 0 aliphatic rings. The maximum absolute atomic E-state index is 9.69. The van der Waals surface area contributed by atoms with Gasteiger partial charge in [0.25, 0.3) is 0 Å². The standard InChI is InChI=1S/C4H7NO2/c1-7-4(2-5)3-6/h2-3H,5H2,1H3/b4-2+. The topological polar surface area (TPSA) is 52.3 Å². The van der Waals surface area contributed by atoms with Gasteiger partial charge in [0, 0.05) is 6.20 Å². The summed E-state index contributed by atoms with van der Waals surface area (Å²) in [5.41, 5.74) is 4.88. The predicted molar refractivity (Wildman–Crippen MR) is 25.3 cm³/mol.